The number of nitrogens with one attached hydrogen (secondary N) is 2. The van der Waals surface area contributed by atoms with E-state index in [-0.39, 0.29) is 23.9 Å². The van der Waals surface area contributed by atoms with Crippen molar-refractivity contribution < 1.29 is 9.59 Å². The molecule has 0 radical (unpaired) electrons. The van der Waals surface area contributed by atoms with E-state index in [1.54, 1.807) is 6.92 Å². The Morgan fingerprint density at radius 3 is 2.34 bits per heavy atom. The van der Waals surface area contributed by atoms with Crippen LogP contribution in [-0.4, -0.2) is 17.9 Å². The van der Waals surface area contributed by atoms with Crippen molar-refractivity contribution in [3.63, 3.8) is 0 Å². The summed E-state index contributed by atoms with van der Waals surface area (Å²) in [5, 5.41) is 6.54. The zero-order valence-electron chi connectivity index (χ0n) is 19.0. The van der Waals surface area contributed by atoms with Gasteiger partial charge in [0.2, 0.25) is 11.8 Å². The van der Waals surface area contributed by atoms with Gasteiger partial charge in [0.1, 0.15) is 0 Å². The van der Waals surface area contributed by atoms with Crippen LogP contribution < -0.4 is 15.5 Å². The van der Waals surface area contributed by atoms with E-state index in [9.17, 15) is 9.59 Å². The molecule has 0 saturated carbocycles. The number of benzene rings is 3. The van der Waals surface area contributed by atoms with E-state index in [2.05, 4.69) is 54.8 Å². The molecule has 3 aromatic rings. The number of aryl methyl sites for hydroxylation is 1. The molecule has 164 valence electrons. The molecule has 0 unspecified atom stereocenters. The second-order valence-corrected chi connectivity index (χ2v) is 8.58. The van der Waals surface area contributed by atoms with Crippen molar-refractivity contribution in [1.82, 2.24) is 0 Å². The van der Waals surface area contributed by atoms with Crippen LogP contribution in [0.15, 0.2) is 66.7 Å². The number of carbonyl (C=O) groups excluding carboxylic acids is 2. The summed E-state index contributed by atoms with van der Waals surface area (Å²) in [7, 11) is 0. The van der Waals surface area contributed by atoms with Crippen LogP contribution in [0.5, 0.6) is 0 Å². The minimum atomic E-state index is -0.0962. The van der Waals surface area contributed by atoms with Gasteiger partial charge in [-0.2, -0.15) is 0 Å². The molecule has 2 atom stereocenters. The number of fused-ring (bicyclic) bond motifs is 1. The minimum absolute atomic E-state index is 0.0492. The van der Waals surface area contributed by atoms with Gasteiger partial charge in [-0.15, -0.1) is 0 Å². The van der Waals surface area contributed by atoms with Gasteiger partial charge in [0.25, 0.3) is 0 Å². The molecule has 3 aromatic carbocycles. The van der Waals surface area contributed by atoms with Gasteiger partial charge < -0.3 is 15.5 Å². The van der Waals surface area contributed by atoms with Gasteiger partial charge in [-0.05, 0) is 78.9 Å². The maximum absolute atomic E-state index is 12.4. The highest BCUT2D eigenvalue weighted by molar-refractivity contribution is 5.94. The second-order valence-electron chi connectivity index (χ2n) is 8.58. The molecule has 5 heteroatoms. The summed E-state index contributed by atoms with van der Waals surface area (Å²) in [6, 6.07) is 22.6. The lowest BCUT2D eigenvalue weighted by Gasteiger charge is -2.40. The van der Waals surface area contributed by atoms with Crippen LogP contribution >= 0.6 is 0 Å². The number of anilines is 3. The number of nitrogens with zero attached hydrogens (tertiary/aromatic N) is 1. The molecule has 0 aliphatic carbocycles. The van der Waals surface area contributed by atoms with Crippen molar-refractivity contribution in [2.45, 2.75) is 46.2 Å². The molecular formula is C27H29N3O2. The summed E-state index contributed by atoms with van der Waals surface area (Å²) < 4.78 is 0. The zero-order chi connectivity index (χ0) is 22.8. The van der Waals surface area contributed by atoms with Crippen LogP contribution in [0, 0.1) is 6.92 Å². The van der Waals surface area contributed by atoms with Crippen LogP contribution in [0.4, 0.5) is 17.1 Å². The third-order valence-electron chi connectivity index (χ3n) is 5.89. The summed E-state index contributed by atoms with van der Waals surface area (Å²) >= 11 is 0. The first kappa shape index (κ1) is 21.6. The molecular weight excluding hydrogens is 398 g/mol. The van der Waals surface area contributed by atoms with Crippen LogP contribution in [0.1, 0.15) is 44.4 Å². The summed E-state index contributed by atoms with van der Waals surface area (Å²) in [5.74, 6) is -0.0470. The lowest BCUT2D eigenvalue weighted by atomic mass is 9.88. The maximum Gasteiger partial charge on any atom is 0.224 e. The number of carbonyl (C=O) groups is 2. The molecule has 32 heavy (non-hydrogen) atoms. The van der Waals surface area contributed by atoms with Crippen molar-refractivity contribution in [2.24, 2.45) is 0 Å². The summed E-state index contributed by atoms with van der Waals surface area (Å²) in [5.41, 5.74) is 7.15. The Hall–Kier alpha value is -3.60. The third kappa shape index (κ3) is 4.52. The lowest BCUT2D eigenvalue weighted by molar-refractivity contribution is -0.117. The molecule has 2 N–H and O–H groups in total. The van der Waals surface area contributed by atoms with E-state index < -0.39 is 0 Å². The fourth-order valence-electron chi connectivity index (χ4n) is 4.58. The molecule has 0 bridgehead atoms. The molecule has 0 saturated heterocycles. The smallest absolute Gasteiger partial charge is 0.224 e. The quantitative estimate of drug-likeness (QED) is 0.543. The topological polar surface area (TPSA) is 61.4 Å². The van der Waals surface area contributed by atoms with E-state index in [1.807, 2.05) is 41.3 Å². The molecule has 4 rings (SSSR count). The Morgan fingerprint density at radius 1 is 0.906 bits per heavy atom. The number of hydrogen-bond acceptors (Lipinski definition) is 3. The molecule has 2 amide bonds. The lowest BCUT2D eigenvalue weighted by Crippen LogP contribution is -2.43. The predicted molar refractivity (Wildman–Crippen MR) is 131 cm³/mol. The van der Waals surface area contributed by atoms with Gasteiger partial charge in [-0.25, -0.2) is 0 Å². The molecule has 1 aliphatic rings. The summed E-state index contributed by atoms with van der Waals surface area (Å²) in [4.78, 5) is 25.8. The Labute approximate surface area is 189 Å². The zero-order valence-corrected chi connectivity index (χ0v) is 19.0. The number of hydrogen-bond donors (Lipinski definition) is 2. The van der Waals surface area contributed by atoms with Crippen LogP contribution in [0.25, 0.3) is 11.1 Å². The van der Waals surface area contributed by atoms with E-state index in [4.69, 9.17) is 0 Å². The highest BCUT2D eigenvalue weighted by atomic mass is 16.2. The first-order valence-electron chi connectivity index (χ1n) is 11.0. The molecule has 5 nitrogen and oxygen atoms in total. The van der Waals surface area contributed by atoms with Crippen molar-refractivity contribution in [3.05, 3.63) is 77.9 Å². The standard InChI is InChI=1S/C27H29N3O2/c1-17-7-5-9-23(13-17)29-26-14-18(2)30(20(4)32)27-12-11-22(16-25(26)27)21-8-6-10-24(15-21)28-19(3)31/h5-13,15-16,18,26,29H,14H2,1-4H3,(H,28,31)/t18-,26+/m0/s1. The second kappa shape index (κ2) is 8.87. The highest BCUT2D eigenvalue weighted by Gasteiger charge is 2.32. The SMILES string of the molecule is CC(=O)Nc1cccc(-c2ccc3c(c2)[C@H](Nc2cccc(C)c2)C[C@H](C)N3C(C)=O)c1. The Kier molecular flexibility index (Phi) is 5.99. The number of rotatable bonds is 4. The van der Waals surface area contributed by atoms with Crippen LogP contribution in [-0.2, 0) is 9.59 Å². The van der Waals surface area contributed by atoms with E-state index in [0.29, 0.717) is 0 Å². The normalized spacial score (nSPS) is 17.4. The first-order valence-corrected chi connectivity index (χ1v) is 11.0. The van der Waals surface area contributed by atoms with Crippen molar-refractivity contribution in [2.75, 3.05) is 15.5 Å². The van der Waals surface area contributed by atoms with Gasteiger partial charge >= 0.3 is 0 Å². The average molecular weight is 428 g/mol. The monoisotopic (exact) mass is 427 g/mol. The Morgan fingerprint density at radius 2 is 1.62 bits per heavy atom. The van der Waals surface area contributed by atoms with Crippen molar-refractivity contribution >= 4 is 28.9 Å². The van der Waals surface area contributed by atoms with Gasteiger partial charge in [0, 0.05) is 37.0 Å². The van der Waals surface area contributed by atoms with Gasteiger partial charge in [0.05, 0.1) is 6.04 Å². The highest BCUT2D eigenvalue weighted by Crippen LogP contribution is 2.41. The third-order valence-corrected chi connectivity index (χ3v) is 5.89. The molecule has 1 aliphatic heterocycles. The molecule has 0 aromatic heterocycles. The fraction of sp³-hybridized carbons (Fsp3) is 0.259. The molecule has 1 heterocycles. The maximum atomic E-state index is 12.4. The fourth-order valence-corrected chi connectivity index (χ4v) is 4.58. The molecule has 0 fully saturated rings. The largest absolute Gasteiger partial charge is 0.378 e. The Balaban J connectivity index is 1.76. The average Bonchev–Trinajstić information content (AvgIpc) is 2.73. The Bertz CT molecular complexity index is 1170. The van der Waals surface area contributed by atoms with Crippen molar-refractivity contribution in [1.29, 1.82) is 0 Å². The van der Waals surface area contributed by atoms with Gasteiger partial charge in [-0.3, -0.25) is 9.59 Å². The minimum Gasteiger partial charge on any atom is -0.378 e. The predicted octanol–water partition coefficient (Wildman–Crippen LogP) is 5.92. The molecule has 0 spiro atoms. The van der Waals surface area contributed by atoms with E-state index >= 15 is 0 Å². The van der Waals surface area contributed by atoms with E-state index in [1.165, 1.54) is 12.5 Å². The summed E-state index contributed by atoms with van der Waals surface area (Å²) in [6.45, 7) is 7.31. The van der Waals surface area contributed by atoms with Gasteiger partial charge in [0.15, 0.2) is 0 Å². The van der Waals surface area contributed by atoms with Gasteiger partial charge in [-0.1, -0.05) is 30.3 Å². The first-order chi connectivity index (χ1) is 15.3. The van der Waals surface area contributed by atoms with Crippen LogP contribution in [0.3, 0.4) is 0 Å². The van der Waals surface area contributed by atoms with Crippen molar-refractivity contribution in [3.8, 4) is 11.1 Å². The van der Waals surface area contributed by atoms with E-state index in [0.717, 1.165) is 40.2 Å². The van der Waals surface area contributed by atoms with Crippen LogP contribution in [0.2, 0.25) is 0 Å². The number of amides is 2. The summed E-state index contributed by atoms with van der Waals surface area (Å²) in [6.07, 6.45) is 0.815.